The van der Waals surface area contributed by atoms with Gasteiger partial charge < -0.3 is 16.0 Å². The van der Waals surface area contributed by atoms with Crippen molar-refractivity contribution in [3.8, 4) is 0 Å². The van der Waals surface area contributed by atoms with Crippen molar-refractivity contribution >= 4 is 41.5 Å². The number of rotatable bonds is 7. The molecule has 1 atom stereocenters. The molecule has 0 fully saturated rings. The van der Waals surface area contributed by atoms with Crippen LogP contribution in [0.15, 0.2) is 18.2 Å². The molecular weight excluding hydrogens is 361 g/mol. The molecule has 7 heteroatoms. The van der Waals surface area contributed by atoms with Crippen molar-refractivity contribution in [2.45, 2.75) is 40.2 Å². The van der Waals surface area contributed by atoms with Crippen LogP contribution in [0.1, 0.15) is 44.5 Å². The van der Waals surface area contributed by atoms with Gasteiger partial charge in [-0.2, -0.15) is 0 Å². The molecule has 0 saturated heterocycles. The highest BCUT2D eigenvalue weighted by atomic mass is 35.5. The van der Waals surface area contributed by atoms with Gasteiger partial charge in [-0.15, -0.1) is 12.4 Å². The zero-order valence-electron chi connectivity index (χ0n) is 15.5. The fourth-order valence-corrected chi connectivity index (χ4v) is 2.24. The molecule has 0 aliphatic heterocycles. The van der Waals surface area contributed by atoms with E-state index in [1.165, 1.54) is 0 Å². The maximum Gasteiger partial charge on any atom is 0.255 e. The molecule has 0 aliphatic rings. The molecule has 0 saturated carbocycles. The lowest BCUT2D eigenvalue weighted by Gasteiger charge is -2.22. The second-order valence-corrected chi connectivity index (χ2v) is 7.17. The van der Waals surface area contributed by atoms with Crippen molar-refractivity contribution in [3.05, 3.63) is 28.8 Å². The number of carbonyl (C=O) groups is 2. The minimum atomic E-state index is -0.184. The maximum absolute atomic E-state index is 12.6. The van der Waals surface area contributed by atoms with Gasteiger partial charge in [0.2, 0.25) is 5.91 Å². The Hall–Kier alpha value is -1.30. The molecule has 0 heterocycles. The van der Waals surface area contributed by atoms with E-state index in [4.69, 9.17) is 17.3 Å². The van der Waals surface area contributed by atoms with Gasteiger partial charge in [-0.05, 0) is 30.5 Å². The first kappa shape index (κ1) is 23.7. The van der Waals surface area contributed by atoms with E-state index in [1.54, 1.807) is 30.1 Å². The first-order valence-electron chi connectivity index (χ1n) is 8.25. The number of hydrogen-bond donors (Lipinski definition) is 2. The van der Waals surface area contributed by atoms with Crippen molar-refractivity contribution in [2.75, 3.05) is 18.9 Å². The normalized spacial score (nSPS) is 11.9. The van der Waals surface area contributed by atoms with Crippen LogP contribution >= 0.6 is 24.0 Å². The highest BCUT2D eigenvalue weighted by molar-refractivity contribution is 6.34. The summed E-state index contributed by atoms with van der Waals surface area (Å²) in [6.45, 7) is 8.29. The SMILES string of the molecule is CC(C)C(=O)Nc1ccc(Cl)c(C(=O)N(C)CCC(N)C(C)C)c1.Cl. The van der Waals surface area contributed by atoms with Gasteiger partial charge in [0.15, 0.2) is 0 Å². The van der Waals surface area contributed by atoms with Crippen LogP contribution in [-0.4, -0.2) is 36.3 Å². The third-order valence-corrected chi connectivity index (χ3v) is 4.32. The third kappa shape index (κ3) is 7.22. The second kappa shape index (κ2) is 10.6. The standard InChI is InChI=1S/C18H28ClN3O2.ClH/c1-11(2)16(20)8-9-22(5)18(24)14-10-13(6-7-15(14)19)21-17(23)12(3)4;/h6-7,10-12,16H,8-9,20H2,1-5H3,(H,21,23);1H. The minimum Gasteiger partial charge on any atom is -0.342 e. The summed E-state index contributed by atoms with van der Waals surface area (Å²) in [6.07, 6.45) is 0.724. The lowest BCUT2D eigenvalue weighted by atomic mass is 10.0. The number of carbonyl (C=O) groups excluding carboxylic acids is 2. The van der Waals surface area contributed by atoms with E-state index < -0.39 is 0 Å². The molecule has 0 aromatic heterocycles. The van der Waals surface area contributed by atoms with Gasteiger partial charge in [0.25, 0.3) is 5.91 Å². The van der Waals surface area contributed by atoms with Crippen LogP contribution in [0.3, 0.4) is 0 Å². The zero-order chi connectivity index (χ0) is 18.4. The Labute approximate surface area is 161 Å². The first-order chi connectivity index (χ1) is 11.1. The molecule has 142 valence electrons. The first-order valence-corrected chi connectivity index (χ1v) is 8.62. The molecule has 0 bridgehead atoms. The predicted molar refractivity (Wildman–Crippen MR) is 107 cm³/mol. The second-order valence-electron chi connectivity index (χ2n) is 6.76. The third-order valence-electron chi connectivity index (χ3n) is 3.99. The Kier molecular flexibility index (Phi) is 10.1. The van der Waals surface area contributed by atoms with Crippen molar-refractivity contribution in [1.82, 2.24) is 4.90 Å². The molecule has 25 heavy (non-hydrogen) atoms. The van der Waals surface area contributed by atoms with Gasteiger partial charge in [-0.1, -0.05) is 39.3 Å². The van der Waals surface area contributed by atoms with Crippen LogP contribution in [0.25, 0.3) is 0 Å². The fraction of sp³-hybridized carbons (Fsp3) is 0.556. The van der Waals surface area contributed by atoms with E-state index in [2.05, 4.69) is 19.2 Å². The fourth-order valence-electron chi connectivity index (χ4n) is 2.04. The van der Waals surface area contributed by atoms with Crippen LogP contribution in [0, 0.1) is 11.8 Å². The quantitative estimate of drug-likeness (QED) is 0.744. The number of amides is 2. The Balaban J connectivity index is 0.00000576. The summed E-state index contributed by atoms with van der Waals surface area (Å²) in [6, 6.07) is 4.98. The largest absolute Gasteiger partial charge is 0.342 e. The maximum atomic E-state index is 12.6. The van der Waals surface area contributed by atoms with Gasteiger partial charge in [-0.3, -0.25) is 9.59 Å². The van der Waals surface area contributed by atoms with Gasteiger partial charge in [0.05, 0.1) is 10.6 Å². The average molecular weight is 390 g/mol. The number of benzene rings is 1. The summed E-state index contributed by atoms with van der Waals surface area (Å²) in [5, 5.41) is 3.14. The summed E-state index contributed by atoms with van der Waals surface area (Å²) in [5.41, 5.74) is 6.97. The monoisotopic (exact) mass is 389 g/mol. The van der Waals surface area contributed by atoms with Crippen LogP contribution in [0.2, 0.25) is 5.02 Å². The van der Waals surface area contributed by atoms with E-state index in [1.807, 2.05) is 13.8 Å². The van der Waals surface area contributed by atoms with Crippen LogP contribution in [0.5, 0.6) is 0 Å². The number of anilines is 1. The highest BCUT2D eigenvalue weighted by Gasteiger charge is 2.18. The molecule has 1 rings (SSSR count). The van der Waals surface area contributed by atoms with Crippen molar-refractivity contribution < 1.29 is 9.59 Å². The highest BCUT2D eigenvalue weighted by Crippen LogP contribution is 2.22. The summed E-state index contributed by atoms with van der Waals surface area (Å²) in [4.78, 5) is 26.0. The van der Waals surface area contributed by atoms with Crippen LogP contribution < -0.4 is 11.1 Å². The van der Waals surface area contributed by atoms with E-state index in [0.29, 0.717) is 28.7 Å². The molecule has 3 N–H and O–H groups in total. The van der Waals surface area contributed by atoms with Crippen LogP contribution in [0.4, 0.5) is 5.69 Å². The molecule has 0 radical (unpaired) electrons. The summed E-state index contributed by atoms with van der Waals surface area (Å²) < 4.78 is 0. The molecule has 2 amide bonds. The van der Waals surface area contributed by atoms with E-state index in [0.717, 1.165) is 6.42 Å². The summed E-state index contributed by atoms with van der Waals surface area (Å²) in [7, 11) is 1.73. The Bertz CT molecular complexity index is 592. The minimum absolute atomic E-state index is 0. The Morgan fingerprint density at radius 2 is 1.84 bits per heavy atom. The smallest absolute Gasteiger partial charge is 0.255 e. The zero-order valence-corrected chi connectivity index (χ0v) is 17.1. The predicted octanol–water partition coefficient (Wildman–Crippen LogP) is 3.80. The Morgan fingerprint density at radius 3 is 2.36 bits per heavy atom. The number of nitrogens with two attached hydrogens (primary N) is 1. The summed E-state index contributed by atoms with van der Waals surface area (Å²) in [5.74, 6) is -0.0599. The molecule has 1 unspecified atom stereocenters. The molecule has 5 nitrogen and oxygen atoms in total. The van der Waals surface area contributed by atoms with Crippen molar-refractivity contribution in [1.29, 1.82) is 0 Å². The topological polar surface area (TPSA) is 75.4 Å². The average Bonchev–Trinajstić information content (AvgIpc) is 2.52. The van der Waals surface area contributed by atoms with Crippen molar-refractivity contribution in [3.63, 3.8) is 0 Å². The Morgan fingerprint density at radius 1 is 1.24 bits per heavy atom. The molecular formula is C18H29Cl2N3O2. The van der Waals surface area contributed by atoms with Gasteiger partial charge >= 0.3 is 0 Å². The number of nitrogens with zero attached hydrogens (tertiary/aromatic N) is 1. The lowest BCUT2D eigenvalue weighted by Crippen LogP contribution is -2.34. The van der Waals surface area contributed by atoms with Crippen molar-refractivity contribution in [2.24, 2.45) is 17.6 Å². The van der Waals surface area contributed by atoms with Crippen LogP contribution in [-0.2, 0) is 4.79 Å². The molecule has 0 aliphatic carbocycles. The van der Waals surface area contributed by atoms with Gasteiger partial charge in [-0.25, -0.2) is 0 Å². The lowest BCUT2D eigenvalue weighted by molar-refractivity contribution is -0.118. The van der Waals surface area contributed by atoms with Gasteiger partial charge in [0, 0.05) is 31.2 Å². The van der Waals surface area contributed by atoms with E-state index in [9.17, 15) is 9.59 Å². The van der Waals surface area contributed by atoms with E-state index >= 15 is 0 Å². The summed E-state index contributed by atoms with van der Waals surface area (Å²) >= 11 is 6.16. The molecule has 1 aromatic rings. The van der Waals surface area contributed by atoms with Gasteiger partial charge in [0.1, 0.15) is 0 Å². The number of nitrogens with one attached hydrogen (secondary N) is 1. The molecule has 1 aromatic carbocycles. The molecule has 0 spiro atoms. The number of halogens is 2. The van der Waals surface area contributed by atoms with E-state index in [-0.39, 0.29) is 36.2 Å². The number of hydrogen-bond acceptors (Lipinski definition) is 3.